The molecule has 0 unspecified atom stereocenters. The van der Waals surface area contributed by atoms with Crippen molar-refractivity contribution in [1.29, 1.82) is 0 Å². The van der Waals surface area contributed by atoms with E-state index in [0.29, 0.717) is 4.48 Å². The first kappa shape index (κ1) is 23.8. The zero-order valence-corrected chi connectivity index (χ0v) is 15.8. The van der Waals surface area contributed by atoms with Gasteiger partial charge in [-0.1, -0.05) is 45.4 Å². The van der Waals surface area contributed by atoms with Crippen molar-refractivity contribution in [3.8, 4) is 0 Å². The second kappa shape index (κ2) is 13.0. The van der Waals surface area contributed by atoms with E-state index in [4.69, 9.17) is 5.11 Å². The Labute approximate surface area is 147 Å². The summed E-state index contributed by atoms with van der Waals surface area (Å²) in [7, 11) is 3.96. The zero-order chi connectivity index (χ0) is 18.6. The molecule has 0 saturated carbocycles. The molecule has 0 fully saturated rings. The fraction of sp³-hybridized carbons (Fsp3) is 1.00. The molecule has 0 aromatic carbocycles. The summed E-state index contributed by atoms with van der Waals surface area (Å²) in [4.78, 5) is 0. The van der Waals surface area contributed by atoms with Gasteiger partial charge in [-0.3, -0.25) is 0 Å². The highest BCUT2D eigenvalue weighted by atomic mass is 16.4. The molecule has 0 aliphatic rings. The van der Waals surface area contributed by atoms with Gasteiger partial charge < -0.3 is 30.0 Å². The maximum atomic E-state index is 10.1. The Hall–Kier alpha value is -0.240. The van der Waals surface area contributed by atoms with E-state index in [1.807, 2.05) is 14.1 Å². The molecule has 4 atom stereocenters. The van der Waals surface area contributed by atoms with Gasteiger partial charge in [-0.05, 0) is 12.8 Å². The van der Waals surface area contributed by atoms with Gasteiger partial charge in [-0.2, -0.15) is 0 Å². The molecule has 0 heterocycles. The molecule has 0 amide bonds. The Balaban J connectivity index is 3.98. The van der Waals surface area contributed by atoms with Gasteiger partial charge in [0.1, 0.15) is 31.0 Å². The summed E-state index contributed by atoms with van der Waals surface area (Å²) < 4.78 is 0.538. The van der Waals surface area contributed by atoms with Gasteiger partial charge in [0.15, 0.2) is 0 Å². The topological polar surface area (TPSA) is 101 Å². The van der Waals surface area contributed by atoms with E-state index in [1.54, 1.807) is 0 Å². The lowest BCUT2D eigenvalue weighted by atomic mass is 10.0. The lowest BCUT2D eigenvalue weighted by Crippen LogP contribution is -2.54. The molecule has 24 heavy (non-hydrogen) atoms. The van der Waals surface area contributed by atoms with Crippen LogP contribution in [0.15, 0.2) is 0 Å². The van der Waals surface area contributed by atoms with Crippen molar-refractivity contribution < 1.29 is 30.0 Å². The number of likely N-dealkylation sites (N-methyl/N-ethyl adjacent to an activating group) is 1. The van der Waals surface area contributed by atoms with E-state index in [2.05, 4.69) is 6.92 Å². The fourth-order valence-corrected chi connectivity index (χ4v) is 2.94. The largest absolute Gasteiger partial charge is 0.394 e. The van der Waals surface area contributed by atoms with Crippen LogP contribution in [0.2, 0.25) is 0 Å². The van der Waals surface area contributed by atoms with E-state index in [9.17, 15) is 20.4 Å². The Morgan fingerprint density at radius 1 is 0.708 bits per heavy atom. The average molecular weight is 351 g/mol. The van der Waals surface area contributed by atoms with Gasteiger partial charge in [-0.15, -0.1) is 0 Å². The Morgan fingerprint density at radius 2 is 1.17 bits per heavy atom. The van der Waals surface area contributed by atoms with Gasteiger partial charge in [0.05, 0.1) is 27.2 Å². The monoisotopic (exact) mass is 350 g/mol. The number of nitrogens with zero attached hydrogens (tertiary/aromatic N) is 1. The smallest absolute Gasteiger partial charge is 0.131 e. The first-order chi connectivity index (χ1) is 11.2. The number of quaternary nitrogens is 1. The first-order valence-corrected chi connectivity index (χ1v) is 9.40. The zero-order valence-electron chi connectivity index (χ0n) is 15.8. The van der Waals surface area contributed by atoms with Gasteiger partial charge >= 0.3 is 0 Å². The third-order valence-electron chi connectivity index (χ3n) is 4.62. The summed E-state index contributed by atoms with van der Waals surface area (Å²) in [5.41, 5.74) is 0. The summed E-state index contributed by atoms with van der Waals surface area (Å²) in [5.74, 6) is 0. The second-order valence-corrected chi connectivity index (χ2v) is 7.62. The standard InChI is InChI=1S/C18H40NO5/c1-4-5-6-7-8-9-10-11-12-19(2,3)13-15(21)17(23)18(24)16(22)14-20/h15-18,20-24H,4-14H2,1-3H3/q+1/t15-,16+,17-,18-/m0/s1. The van der Waals surface area contributed by atoms with Crippen LogP contribution in [-0.2, 0) is 0 Å². The number of rotatable bonds is 15. The maximum Gasteiger partial charge on any atom is 0.131 e. The van der Waals surface area contributed by atoms with Crippen molar-refractivity contribution in [1.82, 2.24) is 0 Å². The summed E-state index contributed by atoms with van der Waals surface area (Å²) in [6, 6.07) is 0. The van der Waals surface area contributed by atoms with Crippen LogP contribution in [0.3, 0.4) is 0 Å². The van der Waals surface area contributed by atoms with Crippen molar-refractivity contribution in [2.45, 2.75) is 82.7 Å². The summed E-state index contributed by atoms with van der Waals surface area (Å²) >= 11 is 0. The van der Waals surface area contributed by atoms with Crippen LogP contribution in [-0.4, -0.2) is 88.2 Å². The van der Waals surface area contributed by atoms with E-state index in [1.165, 1.54) is 38.5 Å². The van der Waals surface area contributed by atoms with Crippen molar-refractivity contribution in [3.05, 3.63) is 0 Å². The molecule has 0 spiro atoms. The third-order valence-corrected chi connectivity index (χ3v) is 4.62. The van der Waals surface area contributed by atoms with Gasteiger partial charge in [0, 0.05) is 0 Å². The first-order valence-electron chi connectivity index (χ1n) is 9.40. The molecular formula is C18H40NO5+. The molecule has 5 N–H and O–H groups in total. The van der Waals surface area contributed by atoms with E-state index >= 15 is 0 Å². The molecular weight excluding hydrogens is 310 g/mol. The van der Waals surface area contributed by atoms with Crippen molar-refractivity contribution in [3.63, 3.8) is 0 Å². The molecule has 0 radical (unpaired) electrons. The molecule has 0 aliphatic carbocycles. The summed E-state index contributed by atoms with van der Waals surface area (Å²) in [6.45, 7) is 2.74. The molecule has 0 aromatic heterocycles. The molecule has 6 nitrogen and oxygen atoms in total. The number of unbranched alkanes of at least 4 members (excludes halogenated alkanes) is 7. The minimum Gasteiger partial charge on any atom is -0.394 e. The Bertz CT molecular complexity index is 301. The number of aliphatic hydroxyl groups excluding tert-OH is 5. The van der Waals surface area contributed by atoms with Crippen LogP contribution in [0.25, 0.3) is 0 Å². The highest BCUT2D eigenvalue weighted by molar-refractivity contribution is 4.80. The third kappa shape index (κ3) is 10.6. The quantitative estimate of drug-likeness (QED) is 0.220. The Kier molecular flexibility index (Phi) is 12.9. The van der Waals surface area contributed by atoms with Crippen LogP contribution in [0.4, 0.5) is 0 Å². The SMILES string of the molecule is CCCCCCCCCC[N+](C)(C)C[C@H](O)[C@H](O)[C@@H](O)[C@H](O)CO. The number of aliphatic hydroxyl groups is 5. The van der Waals surface area contributed by atoms with E-state index in [-0.39, 0.29) is 6.54 Å². The van der Waals surface area contributed by atoms with Crippen LogP contribution in [0.1, 0.15) is 58.3 Å². The molecule has 0 aromatic rings. The van der Waals surface area contributed by atoms with Gasteiger partial charge in [0.2, 0.25) is 0 Å². The summed E-state index contributed by atoms with van der Waals surface area (Å²) in [5, 5.41) is 47.8. The Morgan fingerprint density at radius 3 is 1.67 bits per heavy atom. The van der Waals surface area contributed by atoms with Crippen molar-refractivity contribution in [2.75, 3.05) is 33.8 Å². The van der Waals surface area contributed by atoms with Crippen molar-refractivity contribution >= 4 is 0 Å². The predicted molar refractivity (Wildman–Crippen MR) is 95.6 cm³/mol. The van der Waals surface area contributed by atoms with Crippen LogP contribution in [0.5, 0.6) is 0 Å². The minimum absolute atomic E-state index is 0.285. The molecule has 0 saturated heterocycles. The minimum atomic E-state index is -1.55. The molecule has 0 rings (SSSR count). The predicted octanol–water partition coefficient (Wildman–Crippen LogP) is 0.639. The van der Waals surface area contributed by atoms with Gasteiger partial charge in [0.25, 0.3) is 0 Å². The molecule has 0 bridgehead atoms. The highest BCUT2D eigenvalue weighted by Gasteiger charge is 2.33. The summed E-state index contributed by atoms with van der Waals surface area (Å²) in [6.07, 6.45) is 4.34. The lowest BCUT2D eigenvalue weighted by Gasteiger charge is -2.34. The second-order valence-electron chi connectivity index (χ2n) is 7.62. The molecule has 6 heteroatoms. The van der Waals surface area contributed by atoms with Crippen LogP contribution in [0, 0.1) is 0 Å². The highest BCUT2D eigenvalue weighted by Crippen LogP contribution is 2.13. The lowest BCUT2D eigenvalue weighted by molar-refractivity contribution is -0.894. The molecule has 0 aliphatic heterocycles. The van der Waals surface area contributed by atoms with Crippen LogP contribution >= 0.6 is 0 Å². The van der Waals surface area contributed by atoms with Crippen LogP contribution < -0.4 is 0 Å². The normalized spacial score (nSPS) is 17.5. The molecule has 146 valence electrons. The number of hydrogen-bond acceptors (Lipinski definition) is 5. The average Bonchev–Trinajstić information content (AvgIpc) is 2.54. The fourth-order valence-electron chi connectivity index (χ4n) is 2.94. The number of hydrogen-bond donors (Lipinski definition) is 5. The maximum absolute atomic E-state index is 10.1. The van der Waals surface area contributed by atoms with Gasteiger partial charge in [-0.25, -0.2) is 0 Å². The van der Waals surface area contributed by atoms with E-state index < -0.39 is 31.0 Å². The van der Waals surface area contributed by atoms with E-state index in [0.717, 1.165) is 19.4 Å². The van der Waals surface area contributed by atoms with Crippen molar-refractivity contribution in [2.24, 2.45) is 0 Å².